The van der Waals surface area contributed by atoms with E-state index in [1.807, 2.05) is 17.5 Å². The highest BCUT2D eigenvalue weighted by molar-refractivity contribution is 7.13. The molecule has 0 radical (unpaired) electrons. The summed E-state index contributed by atoms with van der Waals surface area (Å²) in [5.41, 5.74) is 2.78. The number of aromatic nitrogens is 3. The van der Waals surface area contributed by atoms with Crippen LogP contribution in [0.25, 0.3) is 21.5 Å². The first-order valence-electron chi connectivity index (χ1n) is 10.3. The van der Waals surface area contributed by atoms with Gasteiger partial charge in [-0.1, -0.05) is 11.6 Å². The molecule has 1 amide bonds. The molecule has 168 valence electrons. The van der Waals surface area contributed by atoms with E-state index in [4.69, 9.17) is 21.1 Å². The number of carbonyl (C=O) groups excluding carboxylic acids is 1. The third kappa shape index (κ3) is 4.47. The van der Waals surface area contributed by atoms with Crippen LogP contribution < -0.4 is 10.1 Å². The molecule has 3 heterocycles. The van der Waals surface area contributed by atoms with E-state index in [2.05, 4.69) is 20.3 Å². The van der Waals surface area contributed by atoms with E-state index in [1.54, 1.807) is 53.9 Å². The molecule has 8 nitrogen and oxygen atoms in total. The monoisotopic (exact) mass is 481 g/mol. The number of morpholine rings is 1. The average molecular weight is 482 g/mol. The number of ether oxygens (including phenoxy) is 2. The Balaban J connectivity index is 1.39. The SMILES string of the molecule is COc1cc2nc(Nc3ccc(C(=O)N4CCOCC4)c(Cl)c3)ncc2cc1-c1nccs1. The Labute approximate surface area is 199 Å². The lowest BCUT2D eigenvalue weighted by Crippen LogP contribution is -2.40. The van der Waals surface area contributed by atoms with Gasteiger partial charge in [0.2, 0.25) is 5.95 Å². The van der Waals surface area contributed by atoms with Crippen molar-refractivity contribution in [3.8, 4) is 16.3 Å². The van der Waals surface area contributed by atoms with Crippen LogP contribution in [-0.2, 0) is 4.74 Å². The third-order valence-corrected chi connectivity index (χ3v) is 6.44. The first kappa shape index (κ1) is 21.6. The molecule has 1 aliphatic rings. The first-order chi connectivity index (χ1) is 16.1. The summed E-state index contributed by atoms with van der Waals surface area (Å²) in [6, 6.07) is 9.05. The maximum Gasteiger partial charge on any atom is 0.255 e. The van der Waals surface area contributed by atoms with Crippen LogP contribution in [0.15, 0.2) is 48.1 Å². The van der Waals surface area contributed by atoms with Gasteiger partial charge in [0.15, 0.2) is 0 Å². The summed E-state index contributed by atoms with van der Waals surface area (Å²) in [5.74, 6) is 1.01. The number of nitrogens with one attached hydrogen (secondary N) is 1. The second kappa shape index (κ2) is 9.30. The minimum atomic E-state index is -0.0973. The molecule has 2 aromatic heterocycles. The minimum Gasteiger partial charge on any atom is -0.496 e. The van der Waals surface area contributed by atoms with E-state index < -0.39 is 0 Å². The van der Waals surface area contributed by atoms with Gasteiger partial charge >= 0.3 is 0 Å². The van der Waals surface area contributed by atoms with Crippen LogP contribution in [0.4, 0.5) is 11.6 Å². The number of carbonyl (C=O) groups is 1. The van der Waals surface area contributed by atoms with E-state index in [1.165, 1.54) is 0 Å². The van der Waals surface area contributed by atoms with Crippen molar-refractivity contribution in [1.29, 1.82) is 0 Å². The van der Waals surface area contributed by atoms with Crippen molar-refractivity contribution in [3.63, 3.8) is 0 Å². The topological polar surface area (TPSA) is 89.5 Å². The van der Waals surface area contributed by atoms with Crippen molar-refractivity contribution in [3.05, 3.63) is 58.7 Å². The van der Waals surface area contributed by atoms with Gasteiger partial charge in [-0.3, -0.25) is 4.79 Å². The molecule has 2 aromatic carbocycles. The number of thiazole rings is 1. The second-order valence-corrected chi connectivity index (χ2v) is 8.67. The fraction of sp³-hybridized carbons (Fsp3) is 0.217. The normalized spacial score (nSPS) is 13.8. The van der Waals surface area contributed by atoms with Crippen LogP contribution in [-0.4, -0.2) is 59.2 Å². The Morgan fingerprint density at radius 2 is 2.06 bits per heavy atom. The van der Waals surface area contributed by atoms with Crippen molar-refractivity contribution < 1.29 is 14.3 Å². The number of methoxy groups -OCH3 is 1. The van der Waals surface area contributed by atoms with Crippen LogP contribution in [0, 0.1) is 0 Å². The zero-order valence-electron chi connectivity index (χ0n) is 17.7. The molecule has 1 saturated heterocycles. The van der Waals surface area contributed by atoms with Crippen molar-refractivity contribution in [2.45, 2.75) is 0 Å². The van der Waals surface area contributed by atoms with Gasteiger partial charge < -0.3 is 19.7 Å². The molecule has 33 heavy (non-hydrogen) atoms. The third-order valence-electron chi connectivity index (χ3n) is 5.32. The smallest absolute Gasteiger partial charge is 0.255 e. The summed E-state index contributed by atoms with van der Waals surface area (Å²) < 4.78 is 10.9. The Hall–Kier alpha value is -3.27. The summed E-state index contributed by atoms with van der Waals surface area (Å²) in [5, 5.41) is 7.20. The van der Waals surface area contributed by atoms with Crippen molar-refractivity contribution in [1.82, 2.24) is 19.9 Å². The second-order valence-electron chi connectivity index (χ2n) is 7.37. The number of benzene rings is 2. The molecule has 0 unspecified atom stereocenters. The van der Waals surface area contributed by atoms with Crippen molar-refractivity contribution in [2.75, 3.05) is 38.7 Å². The highest BCUT2D eigenvalue weighted by Gasteiger charge is 2.21. The number of fused-ring (bicyclic) bond motifs is 1. The Morgan fingerprint density at radius 3 is 2.79 bits per heavy atom. The Kier molecular flexibility index (Phi) is 6.08. The quantitative estimate of drug-likeness (QED) is 0.444. The number of amides is 1. The van der Waals surface area contributed by atoms with E-state index >= 15 is 0 Å². The maximum absolute atomic E-state index is 12.7. The standard InChI is InChI=1S/C23H20ClN5O3S/c1-31-20-12-19-14(10-17(20)21-25-4-9-33-21)13-26-23(28-19)27-15-2-3-16(18(24)11-15)22(30)29-5-7-32-8-6-29/h2-4,9-13H,5-8H2,1H3,(H,26,27,28). The molecule has 5 rings (SSSR count). The Morgan fingerprint density at radius 1 is 1.21 bits per heavy atom. The number of rotatable bonds is 5. The van der Waals surface area contributed by atoms with E-state index in [0.29, 0.717) is 54.3 Å². The molecule has 0 atom stereocenters. The molecule has 0 spiro atoms. The molecule has 0 bridgehead atoms. The molecular formula is C23H20ClN5O3S. The van der Waals surface area contributed by atoms with Gasteiger partial charge in [0.1, 0.15) is 10.8 Å². The van der Waals surface area contributed by atoms with Crippen molar-refractivity contribution in [2.24, 2.45) is 0 Å². The molecule has 10 heteroatoms. The Bertz CT molecular complexity index is 1310. The van der Waals surface area contributed by atoms with Crippen LogP contribution in [0.5, 0.6) is 5.75 Å². The van der Waals surface area contributed by atoms with E-state index in [-0.39, 0.29) is 5.91 Å². The average Bonchev–Trinajstić information content (AvgIpc) is 3.38. The summed E-state index contributed by atoms with van der Waals surface area (Å²) in [6.45, 7) is 2.21. The number of nitrogens with zero attached hydrogens (tertiary/aromatic N) is 4. The summed E-state index contributed by atoms with van der Waals surface area (Å²) in [7, 11) is 1.63. The number of halogens is 1. The van der Waals surface area contributed by atoms with Gasteiger partial charge in [-0.25, -0.2) is 15.0 Å². The maximum atomic E-state index is 12.7. The minimum absolute atomic E-state index is 0.0973. The zero-order valence-corrected chi connectivity index (χ0v) is 19.3. The number of anilines is 2. The molecule has 1 fully saturated rings. The lowest BCUT2D eigenvalue weighted by atomic mass is 10.1. The highest BCUT2D eigenvalue weighted by atomic mass is 35.5. The van der Waals surface area contributed by atoms with Crippen LogP contribution >= 0.6 is 22.9 Å². The van der Waals surface area contributed by atoms with E-state index in [9.17, 15) is 4.79 Å². The van der Waals surface area contributed by atoms with Gasteiger partial charge in [0.05, 0.1) is 42.0 Å². The van der Waals surface area contributed by atoms with E-state index in [0.717, 1.165) is 21.5 Å². The molecule has 0 aliphatic carbocycles. The van der Waals surface area contributed by atoms with Crippen molar-refractivity contribution >= 4 is 51.4 Å². The lowest BCUT2D eigenvalue weighted by Gasteiger charge is -2.27. The summed E-state index contributed by atoms with van der Waals surface area (Å²) in [6.07, 6.45) is 3.51. The fourth-order valence-corrected chi connectivity index (χ4v) is 4.56. The number of hydrogen-bond acceptors (Lipinski definition) is 8. The van der Waals surface area contributed by atoms with Gasteiger partial charge in [-0.05, 0) is 24.3 Å². The molecule has 0 saturated carbocycles. The predicted molar refractivity (Wildman–Crippen MR) is 129 cm³/mol. The summed E-state index contributed by atoms with van der Waals surface area (Å²) >= 11 is 7.97. The van der Waals surface area contributed by atoms with Gasteiger partial charge in [-0.2, -0.15) is 0 Å². The molecule has 1 aliphatic heterocycles. The van der Waals surface area contributed by atoms with Gasteiger partial charge in [-0.15, -0.1) is 11.3 Å². The molecule has 4 aromatic rings. The van der Waals surface area contributed by atoms with Crippen LogP contribution in [0.2, 0.25) is 5.02 Å². The largest absolute Gasteiger partial charge is 0.496 e. The van der Waals surface area contributed by atoms with Crippen LogP contribution in [0.1, 0.15) is 10.4 Å². The predicted octanol–water partition coefficient (Wildman–Crippen LogP) is 4.63. The van der Waals surface area contributed by atoms with Crippen LogP contribution in [0.3, 0.4) is 0 Å². The summed E-state index contributed by atoms with van der Waals surface area (Å²) in [4.78, 5) is 27.9. The van der Waals surface area contributed by atoms with Gasteiger partial charge in [0, 0.05) is 48.0 Å². The lowest BCUT2D eigenvalue weighted by molar-refractivity contribution is 0.0303. The fourth-order valence-electron chi connectivity index (χ4n) is 3.64. The molecular weight excluding hydrogens is 462 g/mol. The zero-order chi connectivity index (χ0) is 22.8. The first-order valence-corrected chi connectivity index (χ1v) is 11.6. The number of hydrogen-bond donors (Lipinski definition) is 1. The van der Waals surface area contributed by atoms with Gasteiger partial charge in [0.25, 0.3) is 5.91 Å². The highest BCUT2D eigenvalue weighted by Crippen LogP contribution is 2.35. The molecule has 1 N–H and O–H groups in total.